The smallest absolute Gasteiger partial charge is 0.255 e. The van der Waals surface area contributed by atoms with Crippen molar-refractivity contribution >= 4 is 56.6 Å². The molecule has 0 aliphatic rings. The molecule has 0 saturated heterocycles. The van der Waals surface area contributed by atoms with E-state index in [0.717, 1.165) is 46.5 Å². The Balaban J connectivity index is 0.965. The summed E-state index contributed by atoms with van der Waals surface area (Å²) in [7, 11) is 0. The van der Waals surface area contributed by atoms with Crippen molar-refractivity contribution in [2.75, 3.05) is 66.4 Å². The molecule has 0 atom stereocenters. The Morgan fingerprint density at radius 3 is 1.32 bits per heavy atom. The normalized spacial score (nSPS) is 11.2. The molecule has 13 heteroatoms. The maximum Gasteiger partial charge on any atom is 0.255 e. The molecular weight excluding hydrogens is 709 g/mol. The number of amides is 2. The van der Waals surface area contributed by atoms with Gasteiger partial charge >= 0.3 is 0 Å². The number of anilines is 4. The predicted octanol–water partition coefficient (Wildman–Crippen LogP) is 6.28. The van der Waals surface area contributed by atoms with E-state index in [4.69, 9.17) is 9.97 Å². The highest BCUT2D eigenvalue weighted by atomic mass is 16.3. The Kier molecular flexibility index (Phi) is 11.7. The fourth-order valence-corrected chi connectivity index (χ4v) is 6.64. The molecule has 0 aliphatic carbocycles. The van der Waals surface area contributed by atoms with Gasteiger partial charge < -0.3 is 45.7 Å². The van der Waals surface area contributed by atoms with Gasteiger partial charge in [-0.05, 0) is 116 Å². The number of nitrogens with zero attached hydrogens (tertiary/aromatic N) is 4. The van der Waals surface area contributed by atoms with E-state index in [1.807, 2.05) is 65.6 Å². The minimum atomic E-state index is -0.298. The van der Waals surface area contributed by atoms with Gasteiger partial charge in [-0.1, -0.05) is 6.92 Å². The molecule has 0 aliphatic heterocycles. The highest BCUT2D eigenvalue weighted by Crippen LogP contribution is 2.27. The van der Waals surface area contributed by atoms with Crippen LogP contribution in [0.15, 0.2) is 109 Å². The number of benzene rings is 5. The lowest BCUT2D eigenvalue weighted by Crippen LogP contribution is -2.29. The van der Waals surface area contributed by atoms with Gasteiger partial charge in [-0.15, -0.1) is 0 Å². The minimum Gasteiger partial charge on any atom is -0.395 e. The summed E-state index contributed by atoms with van der Waals surface area (Å²) in [6.45, 7) is 4.47. The summed E-state index contributed by atoms with van der Waals surface area (Å²) in [6, 6.07) is 33.3. The van der Waals surface area contributed by atoms with Crippen LogP contribution in [0.1, 0.15) is 34.1 Å². The molecule has 0 fully saturated rings. The maximum atomic E-state index is 13.2. The van der Waals surface area contributed by atoms with E-state index in [9.17, 15) is 24.9 Å². The summed E-state index contributed by atoms with van der Waals surface area (Å²) in [6.07, 6.45) is 0.984. The van der Waals surface area contributed by atoms with E-state index in [-0.39, 0.29) is 31.6 Å². The summed E-state index contributed by atoms with van der Waals surface area (Å²) < 4.78 is 0. The quantitative estimate of drug-likeness (QED) is 0.0598. The van der Waals surface area contributed by atoms with Crippen molar-refractivity contribution < 1.29 is 24.9 Å². The van der Waals surface area contributed by atoms with Crippen LogP contribution in [0.3, 0.4) is 0 Å². The zero-order chi connectivity index (χ0) is 39.0. The fourth-order valence-electron chi connectivity index (χ4n) is 6.64. The van der Waals surface area contributed by atoms with E-state index in [2.05, 4.69) is 32.4 Å². The predicted molar refractivity (Wildman–Crippen MR) is 221 cm³/mol. The summed E-state index contributed by atoms with van der Waals surface area (Å²) in [4.78, 5) is 46.6. The molecule has 0 spiro atoms. The second-order valence-electron chi connectivity index (χ2n) is 13.4. The summed E-state index contributed by atoms with van der Waals surface area (Å²) in [5.41, 5.74) is 8.66. The highest BCUT2D eigenvalue weighted by Gasteiger charge is 2.14. The second kappa shape index (κ2) is 17.3. The van der Waals surface area contributed by atoms with Crippen molar-refractivity contribution in [3.63, 3.8) is 0 Å². The maximum absolute atomic E-state index is 13.2. The third kappa shape index (κ3) is 8.55. The molecule has 7 aromatic rings. The topological polar surface area (TPSA) is 183 Å². The van der Waals surface area contributed by atoms with E-state index in [0.29, 0.717) is 64.8 Å². The molecule has 5 aromatic carbocycles. The Morgan fingerprint density at radius 1 is 0.554 bits per heavy atom. The number of carbonyl (C=O) groups is 2. The lowest BCUT2D eigenvalue weighted by atomic mass is 10.1. The lowest BCUT2D eigenvalue weighted by molar-refractivity contribution is 0.101. The lowest BCUT2D eigenvalue weighted by Gasteiger charge is -2.23. The molecule has 286 valence electrons. The number of carbonyl (C=O) groups excluding carboxylic acids is 2. The van der Waals surface area contributed by atoms with Gasteiger partial charge in [-0.2, -0.15) is 0 Å². The molecule has 2 amide bonds. The van der Waals surface area contributed by atoms with E-state index >= 15 is 0 Å². The van der Waals surface area contributed by atoms with Gasteiger partial charge in [0.1, 0.15) is 11.6 Å². The first kappa shape index (κ1) is 37.8. The average Bonchev–Trinajstić information content (AvgIpc) is 3.86. The third-order valence-electron chi connectivity index (χ3n) is 9.51. The molecule has 13 nitrogen and oxygen atoms in total. The van der Waals surface area contributed by atoms with Crippen LogP contribution < -0.4 is 20.4 Å². The fraction of sp³-hybridized carbons (Fsp3) is 0.209. The molecule has 7 rings (SSSR count). The van der Waals surface area contributed by atoms with Crippen LogP contribution in [-0.2, 0) is 0 Å². The summed E-state index contributed by atoms with van der Waals surface area (Å²) in [5.74, 6) is 0.769. The molecule has 2 heterocycles. The Hall–Kier alpha value is -6.54. The van der Waals surface area contributed by atoms with Gasteiger partial charge in [0.05, 0.1) is 41.9 Å². The van der Waals surface area contributed by atoms with Gasteiger partial charge in [0.25, 0.3) is 11.8 Å². The van der Waals surface area contributed by atoms with Crippen molar-refractivity contribution in [2.24, 2.45) is 0 Å². The van der Waals surface area contributed by atoms with Gasteiger partial charge in [0.15, 0.2) is 0 Å². The standard InChI is InChI=1S/C43H44N8O5/c1-2-19-50(20-23-52)34-13-3-28(4-14-34)40-46-36-17-7-30(26-38(36)48-40)42(55)44-32-9-11-33(12-10-32)45-43(56)31-8-18-37-39(27-31)49-41(47-37)29-5-15-35(16-6-29)51(21-24-53)22-25-54/h3-18,26-27,52-54H,2,19-25H2,1H3,(H,44,55)(H,45,56)(H,46,48)(H,47,49). The zero-order valence-electron chi connectivity index (χ0n) is 31.0. The van der Waals surface area contributed by atoms with E-state index in [1.54, 1.807) is 48.5 Å². The molecule has 0 bridgehead atoms. The molecule has 7 N–H and O–H groups in total. The van der Waals surface area contributed by atoms with Crippen LogP contribution in [0.5, 0.6) is 0 Å². The Morgan fingerprint density at radius 2 is 0.946 bits per heavy atom. The van der Waals surface area contributed by atoms with Gasteiger partial charge in [-0.25, -0.2) is 9.97 Å². The summed E-state index contributed by atoms with van der Waals surface area (Å²) in [5, 5.41) is 34.0. The van der Waals surface area contributed by atoms with Crippen LogP contribution in [0.2, 0.25) is 0 Å². The van der Waals surface area contributed by atoms with Crippen molar-refractivity contribution in [3.8, 4) is 22.8 Å². The summed E-state index contributed by atoms with van der Waals surface area (Å²) >= 11 is 0. The number of hydrogen-bond acceptors (Lipinski definition) is 9. The van der Waals surface area contributed by atoms with E-state index < -0.39 is 0 Å². The first-order valence-electron chi connectivity index (χ1n) is 18.6. The SMILES string of the molecule is CCCN(CCO)c1ccc(-c2nc3cc(C(=O)Nc4ccc(NC(=O)c5ccc6[nH]c(-c7ccc(N(CCO)CCO)cc7)nc6c5)cc4)ccc3[nH]2)cc1. The number of hydrogen-bond donors (Lipinski definition) is 7. The monoisotopic (exact) mass is 752 g/mol. The first-order chi connectivity index (χ1) is 27.3. The highest BCUT2D eigenvalue weighted by molar-refractivity contribution is 6.07. The molecule has 0 unspecified atom stereocenters. The van der Waals surface area contributed by atoms with Crippen LogP contribution in [-0.4, -0.2) is 93.1 Å². The molecule has 2 aromatic heterocycles. The number of fused-ring (bicyclic) bond motifs is 2. The molecule has 0 saturated carbocycles. The van der Waals surface area contributed by atoms with Crippen molar-refractivity contribution in [1.82, 2.24) is 19.9 Å². The number of rotatable bonds is 16. The number of aromatic amines is 2. The Bertz CT molecular complexity index is 2240. The number of aromatic nitrogens is 4. The van der Waals surface area contributed by atoms with E-state index in [1.165, 1.54) is 0 Å². The minimum absolute atomic E-state index is 0.0120. The van der Waals surface area contributed by atoms with Gasteiger partial charge in [0.2, 0.25) is 0 Å². The largest absolute Gasteiger partial charge is 0.395 e. The van der Waals surface area contributed by atoms with Crippen LogP contribution in [0, 0.1) is 0 Å². The molecule has 56 heavy (non-hydrogen) atoms. The number of H-pyrrole nitrogens is 2. The number of imidazole rings is 2. The van der Waals surface area contributed by atoms with Crippen LogP contribution in [0.4, 0.5) is 22.7 Å². The van der Waals surface area contributed by atoms with Gasteiger partial charge in [0, 0.05) is 71.2 Å². The molecule has 0 radical (unpaired) electrons. The van der Waals surface area contributed by atoms with Gasteiger partial charge in [-0.3, -0.25) is 9.59 Å². The zero-order valence-corrected chi connectivity index (χ0v) is 31.0. The number of aliphatic hydroxyl groups excluding tert-OH is 3. The van der Waals surface area contributed by atoms with Crippen molar-refractivity contribution in [1.29, 1.82) is 0 Å². The van der Waals surface area contributed by atoms with Crippen molar-refractivity contribution in [3.05, 3.63) is 120 Å². The van der Waals surface area contributed by atoms with Crippen LogP contribution >= 0.6 is 0 Å². The Labute approximate surface area is 323 Å². The first-order valence-corrected chi connectivity index (χ1v) is 18.6. The van der Waals surface area contributed by atoms with Crippen molar-refractivity contribution in [2.45, 2.75) is 13.3 Å². The second-order valence-corrected chi connectivity index (χ2v) is 13.4. The third-order valence-corrected chi connectivity index (χ3v) is 9.51. The number of nitrogens with one attached hydrogen (secondary N) is 4. The average molecular weight is 753 g/mol. The molecular formula is C43H44N8O5. The number of aliphatic hydroxyl groups is 3. The van der Waals surface area contributed by atoms with Crippen LogP contribution in [0.25, 0.3) is 44.8 Å².